The normalized spacial score (nSPS) is 21.6. The molecule has 1 atom stereocenters. The number of H-pyrrole nitrogens is 2. The van der Waals surface area contributed by atoms with Crippen LogP contribution in [0.2, 0.25) is 0 Å². The zero-order chi connectivity index (χ0) is 45.0. The van der Waals surface area contributed by atoms with Crippen molar-refractivity contribution in [3.05, 3.63) is 95.8 Å². The van der Waals surface area contributed by atoms with Crippen molar-refractivity contribution >= 4 is 55.1 Å². The van der Waals surface area contributed by atoms with Crippen LogP contribution in [0.15, 0.2) is 78.2 Å². The number of hydrogen-bond donors (Lipinski definition) is 6. The summed E-state index contributed by atoms with van der Waals surface area (Å²) in [6, 6.07) is 17.3. The lowest BCUT2D eigenvalue weighted by Crippen LogP contribution is -2.55. The minimum atomic E-state index is -4.61. The van der Waals surface area contributed by atoms with E-state index in [1.165, 1.54) is 48.6 Å². The van der Waals surface area contributed by atoms with Crippen molar-refractivity contribution in [1.82, 2.24) is 29.6 Å². The fraction of sp³-hybridized carbons (Fsp3) is 0.449. The van der Waals surface area contributed by atoms with Crippen molar-refractivity contribution in [2.45, 2.75) is 107 Å². The summed E-state index contributed by atoms with van der Waals surface area (Å²) in [5.41, 5.74) is 11.3. The molecule has 0 bridgehead atoms. The number of piperidine rings is 1. The molecule has 65 heavy (non-hydrogen) atoms. The third-order valence-electron chi connectivity index (χ3n) is 14.7. The van der Waals surface area contributed by atoms with Crippen molar-refractivity contribution < 1.29 is 27.4 Å². The van der Waals surface area contributed by atoms with Gasteiger partial charge >= 0.3 is 0 Å². The number of benzene rings is 3. The number of nitrogens with one attached hydrogen (secondary N) is 4. The van der Waals surface area contributed by atoms with Crippen LogP contribution in [0.1, 0.15) is 112 Å². The lowest BCUT2D eigenvalue weighted by Gasteiger charge is -2.56. The molecule has 2 saturated carbocycles. The Bertz CT molecular complexity index is 2840. The van der Waals surface area contributed by atoms with E-state index in [0.29, 0.717) is 66.2 Å². The molecule has 5 heterocycles. The summed E-state index contributed by atoms with van der Waals surface area (Å²) in [7, 11) is -4.61. The number of nitrogens with two attached hydrogens (primary N) is 1. The van der Waals surface area contributed by atoms with Crippen molar-refractivity contribution in [3.63, 3.8) is 0 Å². The van der Waals surface area contributed by atoms with E-state index >= 15 is 4.39 Å². The Balaban J connectivity index is 0.873. The van der Waals surface area contributed by atoms with Crippen molar-refractivity contribution in [1.29, 1.82) is 0 Å². The second-order valence-corrected chi connectivity index (χ2v) is 20.8. The smallest absolute Gasteiger partial charge is 0.268 e. The number of nitrogen functional groups attached to an aromatic ring is 1. The highest BCUT2D eigenvalue weighted by atomic mass is 32.2. The Kier molecular flexibility index (Phi) is 11.5. The zero-order valence-corrected chi connectivity index (χ0v) is 37.8. The predicted molar refractivity (Wildman–Crippen MR) is 250 cm³/mol. The highest BCUT2D eigenvalue weighted by Gasteiger charge is 2.50. The molecule has 4 aliphatic rings. The Hall–Kier alpha value is -5.71. The summed E-state index contributed by atoms with van der Waals surface area (Å²) >= 11 is 0. The molecular weight excluding hydrogens is 846 g/mol. The first-order chi connectivity index (χ1) is 31.3. The fourth-order valence-corrected chi connectivity index (χ4v) is 12.3. The first-order valence-electron chi connectivity index (χ1n) is 23.1. The van der Waals surface area contributed by atoms with Crippen LogP contribution in [0, 0.1) is 17.2 Å². The number of amides is 1. The molecule has 1 amide bonds. The predicted octanol–water partition coefficient (Wildman–Crippen LogP) is 8.74. The van der Waals surface area contributed by atoms with E-state index in [-0.39, 0.29) is 44.6 Å². The Morgan fingerprint density at radius 2 is 1.80 bits per heavy atom. The first kappa shape index (κ1) is 43.2. The molecule has 1 spiro atoms. The molecule has 10 rings (SSSR count). The van der Waals surface area contributed by atoms with E-state index in [9.17, 15) is 18.3 Å². The van der Waals surface area contributed by atoms with E-state index in [4.69, 9.17) is 10.5 Å². The number of pyridine rings is 1. The monoisotopic (exact) mass is 903 g/mol. The molecular formula is C49H58FN9O5S. The van der Waals surface area contributed by atoms with Crippen LogP contribution in [-0.4, -0.2) is 82.6 Å². The molecule has 3 aromatic heterocycles. The number of halogens is 1. The zero-order valence-electron chi connectivity index (χ0n) is 36.9. The number of carbonyl (C=O) groups excluding carboxylic acids is 1. The van der Waals surface area contributed by atoms with Crippen LogP contribution in [0.4, 0.5) is 21.5 Å². The summed E-state index contributed by atoms with van der Waals surface area (Å²) in [4.78, 5) is 33.4. The molecule has 16 heteroatoms. The second kappa shape index (κ2) is 17.3. The van der Waals surface area contributed by atoms with Crippen LogP contribution >= 0.6 is 0 Å². The van der Waals surface area contributed by atoms with Crippen LogP contribution in [0.5, 0.6) is 11.5 Å². The fourth-order valence-electron chi connectivity index (χ4n) is 11.2. The maximum Gasteiger partial charge on any atom is 0.268 e. The number of hydrogen-bond acceptors (Lipinski definition) is 11. The number of rotatable bonds is 12. The van der Waals surface area contributed by atoms with Gasteiger partial charge in [0.2, 0.25) is 0 Å². The van der Waals surface area contributed by atoms with E-state index in [1.807, 2.05) is 11.0 Å². The van der Waals surface area contributed by atoms with E-state index in [2.05, 4.69) is 73.0 Å². The Labute approximate surface area is 378 Å². The Morgan fingerprint density at radius 1 is 1.02 bits per heavy atom. The summed E-state index contributed by atoms with van der Waals surface area (Å²) in [6.45, 7) is 7.51. The number of fused-ring (bicyclic) bond motifs is 2. The largest absolute Gasteiger partial charge is 0.455 e. The molecule has 0 unspecified atom stereocenters. The number of aliphatic hydroxyl groups is 1. The number of imidazole rings is 1. The molecule has 2 saturated heterocycles. The second-order valence-electron chi connectivity index (χ2n) is 19.2. The van der Waals surface area contributed by atoms with Gasteiger partial charge in [0.05, 0.1) is 46.8 Å². The number of carbonyl (C=O) groups is 1. The molecule has 6 aromatic rings. The molecule has 2 aliphatic heterocycles. The number of anilines is 3. The molecule has 14 nitrogen and oxygen atoms in total. The van der Waals surface area contributed by atoms with Gasteiger partial charge in [-0.25, -0.2) is 27.5 Å². The van der Waals surface area contributed by atoms with Gasteiger partial charge in [0.25, 0.3) is 15.9 Å². The van der Waals surface area contributed by atoms with Gasteiger partial charge in [-0.3, -0.25) is 9.69 Å². The molecule has 342 valence electrons. The van der Waals surface area contributed by atoms with Crippen LogP contribution < -0.4 is 25.4 Å². The van der Waals surface area contributed by atoms with Crippen LogP contribution in [0.3, 0.4) is 0 Å². The summed E-state index contributed by atoms with van der Waals surface area (Å²) in [5, 5.41) is 14.0. The van der Waals surface area contributed by atoms with Gasteiger partial charge in [0.1, 0.15) is 33.4 Å². The lowest BCUT2D eigenvalue weighted by molar-refractivity contribution is -0.0228. The molecule has 4 fully saturated rings. The summed E-state index contributed by atoms with van der Waals surface area (Å²) < 4.78 is 53.1. The average Bonchev–Trinajstić information content (AvgIpc) is 4.08. The van der Waals surface area contributed by atoms with Gasteiger partial charge < -0.3 is 35.8 Å². The third-order valence-corrected chi connectivity index (χ3v) is 16.1. The van der Waals surface area contributed by atoms with Crippen LogP contribution in [0.25, 0.3) is 22.1 Å². The minimum absolute atomic E-state index is 0.0178. The first-order valence-corrected chi connectivity index (χ1v) is 24.6. The molecule has 7 N–H and O–H groups in total. The van der Waals surface area contributed by atoms with Gasteiger partial charge in [-0.05, 0) is 123 Å². The lowest BCUT2D eigenvalue weighted by atomic mass is 9.59. The SMILES string of the molecule is CC(C)c1ccccc1[C@@H]1CCCN1C1CC2(CCN(c3cc(Oc4cnc5[nH]ccc5c4)c(C(=O)NS(=O)(=O)c4cc(N)c(NCC5CCC(O)CC5)c5[nH]cnc45)cc3F)CC2)C1. The number of sulfonamides is 1. The van der Waals surface area contributed by atoms with Gasteiger partial charge in [-0.1, -0.05) is 38.1 Å². The highest BCUT2D eigenvalue weighted by Crippen LogP contribution is 2.54. The molecule has 0 radical (unpaired) electrons. The number of aromatic amines is 2. The van der Waals surface area contributed by atoms with E-state index < -0.39 is 21.7 Å². The van der Waals surface area contributed by atoms with Crippen molar-refractivity contribution in [2.75, 3.05) is 42.1 Å². The van der Waals surface area contributed by atoms with Gasteiger partial charge in [-0.2, -0.15) is 0 Å². The number of likely N-dealkylation sites (tertiary alicyclic amines) is 1. The summed E-state index contributed by atoms with van der Waals surface area (Å²) in [6.07, 6.45) is 14.0. The standard InChI is InChI=1S/C49H58FN9O5S/c1-29(2)35-6-3-4-7-36(35)40-8-5-17-59(40)32-24-49(25-32)14-18-58(19-15-49)41-23-42(64-34-20-31-13-16-52-47(31)54-27-34)37(21-38(41)50)48(61)57-65(62,63)43-22-39(51)44(46-45(43)55-28-56-46)53-26-30-9-11-33(60)12-10-30/h3-4,6-7,13,16,20-23,27-30,32-33,40,53,60H,5,8-12,14-15,17-19,24-26,51H2,1-2H3,(H,52,54)(H,55,56)(H,57,61)/t30?,33?,40-/m0/s1. The quantitative estimate of drug-likeness (QED) is 0.0643. The number of aliphatic hydroxyl groups excluding tert-OH is 1. The van der Waals surface area contributed by atoms with Gasteiger partial charge in [0, 0.05) is 49.4 Å². The van der Waals surface area contributed by atoms with Crippen LogP contribution in [-0.2, 0) is 10.0 Å². The van der Waals surface area contributed by atoms with Crippen molar-refractivity contribution in [2.24, 2.45) is 11.3 Å². The maximum absolute atomic E-state index is 16.5. The highest BCUT2D eigenvalue weighted by molar-refractivity contribution is 7.90. The van der Waals surface area contributed by atoms with E-state index in [0.717, 1.165) is 69.4 Å². The number of ether oxygens (including phenoxy) is 1. The third kappa shape index (κ3) is 8.40. The molecule has 2 aliphatic carbocycles. The topological polar surface area (TPSA) is 195 Å². The maximum atomic E-state index is 16.5. The van der Waals surface area contributed by atoms with E-state index in [1.54, 1.807) is 12.3 Å². The minimum Gasteiger partial charge on any atom is -0.455 e. The average molecular weight is 904 g/mol. The number of aromatic nitrogens is 4. The Morgan fingerprint density at radius 3 is 2.58 bits per heavy atom. The summed E-state index contributed by atoms with van der Waals surface area (Å²) in [5.74, 6) is -0.681. The van der Waals surface area contributed by atoms with Gasteiger partial charge in [0.15, 0.2) is 0 Å². The van der Waals surface area contributed by atoms with Gasteiger partial charge in [-0.15, -0.1) is 0 Å². The van der Waals surface area contributed by atoms with Crippen molar-refractivity contribution in [3.8, 4) is 11.5 Å². The number of nitrogens with zero attached hydrogens (tertiary/aromatic N) is 4. The molecule has 3 aromatic carbocycles.